The molecule has 1 aromatic heterocycles. The van der Waals surface area contributed by atoms with Crippen LogP contribution in [0.15, 0.2) is 29.3 Å². The molecule has 0 unspecified atom stereocenters. The highest BCUT2D eigenvalue weighted by molar-refractivity contribution is 7.99. The normalized spacial score (nSPS) is 11.4. The van der Waals surface area contributed by atoms with Gasteiger partial charge in [-0.25, -0.2) is 9.97 Å². The van der Waals surface area contributed by atoms with Gasteiger partial charge in [0.2, 0.25) is 5.91 Å². The van der Waals surface area contributed by atoms with Crippen molar-refractivity contribution in [2.75, 3.05) is 5.75 Å². The summed E-state index contributed by atoms with van der Waals surface area (Å²) in [6, 6.07) is 8.21. The minimum absolute atomic E-state index is 0.143. The lowest BCUT2D eigenvalue weighted by Gasteiger charge is -2.30. The summed E-state index contributed by atoms with van der Waals surface area (Å²) in [6.45, 7) is 10.1. The van der Waals surface area contributed by atoms with Crippen LogP contribution >= 0.6 is 11.8 Å². The van der Waals surface area contributed by atoms with E-state index in [1.807, 2.05) is 63.8 Å². The second-order valence-electron chi connectivity index (χ2n) is 5.88. The van der Waals surface area contributed by atoms with Gasteiger partial charge in [0.15, 0.2) is 0 Å². The average Bonchev–Trinajstić information content (AvgIpc) is 2.44. The largest absolute Gasteiger partial charge is 0.337 e. The van der Waals surface area contributed by atoms with Crippen molar-refractivity contribution in [3.63, 3.8) is 0 Å². The summed E-state index contributed by atoms with van der Waals surface area (Å²) in [6.07, 6.45) is 0. The lowest BCUT2D eigenvalue weighted by Crippen LogP contribution is -2.43. The van der Waals surface area contributed by atoms with E-state index in [0.717, 1.165) is 21.8 Å². The Morgan fingerprint density at radius 1 is 1.09 bits per heavy atom. The first kappa shape index (κ1) is 16.7. The van der Waals surface area contributed by atoms with Crippen LogP contribution in [0.1, 0.15) is 33.4 Å². The quantitative estimate of drug-likeness (QED) is 0.789. The molecule has 2 rings (SSSR count). The number of hydrogen-bond acceptors (Lipinski definition) is 4. The van der Waals surface area contributed by atoms with Crippen molar-refractivity contribution in [3.8, 4) is 0 Å². The SMILES string of the molecule is Cc1nc2ccccc2nc1SCC(=O)N(C(C)C)C(C)C. The van der Waals surface area contributed by atoms with E-state index in [2.05, 4.69) is 9.97 Å². The fraction of sp³-hybridized carbons (Fsp3) is 0.471. The van der Waals surface area contributed by atoms with Gasteiger partial charge in [-0.1, -0.05) is 23.9 Å². The number of para-hydroxylation sites is 2. The molecule has 5 heteroatoms. The molecule has 0 N–H and O–H groups in total. The third-order valence-electron chi connectivity index (χ3n) is 3.43. The topological polar surface area (TPSA) is 46.1 Å². The number of rotatable bonds is 5. The number of amides is 1. The Labute approximate surface area is 136 Å². The van der Waals surface area contributed by atoms with Crippen molar-refractivity contribution in [1.82, 2.24) is 14.9 Å². The Morgan fingerprint density at radius 2 is 1.64 bits per heavy atom. The molecule has 0 spiro atoms. The van der Waals surface area contributed by atoms with E-state index in [-0.39, 0.29) is 18.0 Å². The molecule has 0 saturated carbocycles. The van der Waals surface area contributed by atoms with Crippen LogP contribution in [0.5, 0.6) is 0 Å². The highest BCUT2D eigenvalue weighted by Crippen LogP contribution is 2.22. The standard InChI is InChI=1S/C17H23N3OS/c1-11(2)20(12(3)4)16(21)10-22-17-13(5)18-14-8-6-7-9-15(14)19-17/h6-9,11-12H,10H2,1-5H3. The predicted octanol–water partition coefficient (Wildman–Crippen LogP) is 3.68. The van der Waals surface area contributed by atoms with Gasteiger partial charge in [0.25, 0.3) is 0 Å². The van der Waals surface area contributed by atoms with E-state index in [4.69, 9.17) is 0 Å². The van der Waals surface area contributed by atoms with Crippen LogP contribution in [0.2, 0.25) is 0 Å². The molecule has 22 heavy (non-hydrogen) atoms. The molecule has 0 aliphatic heterocycles. The van der Waals surface area contributed by atoms with E-state index in [1.165, 1.54) is 11.8 Å². The molecule has 0 saturated heterocycles. The van der Waals surface area contributed by atoms with Gasteiger partial charge in [-0.15, -0.1) is 0 Å². The number of thioether (sulfide) groups is 1. The lowest BCUT2D eigenvalue weighted by molar-refractivity contribution is -0.131. The fourth-order valence-corrected chi connectivity index (χ4v) is 3.41. The Morgan fingerprint density at radius 3 is 2.18 bits per heavy atom. The van der Waals surface area contributed by atoms with Crippen LogP contribution in [0.4, 0.5) is 0 Å². The summed E-state index contributed by atoms with van der Waals surface area (Å²) < 4.78 is 0. The van der Waals surface area contributed by atoms with Crippen molar-refractivity contribution in [2.45, 2.75) is 51.7 Å². The number of aromatic nitrogens is 2. The number of carbonyl (C=O) groups excluding carboxylic acids is 1. The van der Waals surface area contributed by atoms with E-state index < -0.39 is 0 Å². The summed E-state index contributed by atoms with van der Waals surface area (Å²) in [4.78, 5) is 23.5. The molecule has 0 bridgehead atoms. The van der Waals surface area contributed by atoms with Crippen LogP contribution in [0.25, 0.3) is 11.0 Å². The first-order valence-corrected chi connectivity index (χ1v) is 8.56. The maximum Gasteiger partial charge on any atom is 0.233 e. The predicted molar refractivity (Wildman–Crippen MR) is 92.1 cm³/mol. The minimum atomic E-state index is 0.143. The molecule has 1 heterocycles. The second kappa shape index (κ2) is 7.09. The highest BCUT2D eigenvalue weighted by atomic mass is 32.2. The smallest absolute Gasteiger partial charge is 0.233 e. The monoisotopic (exact) mass is 317 g/mol. The first-order chi connectivity index (χ1) is 10.4. The molecule has 0 atom stereocenters. The van der Waals surface area contributed by atoms with Crippen LogP contribution in [-0.4, -0.2) is 38.6 Å². The molecule has 2 aromatic rings. The van der Waals surface area contributed by atoms with Crippen LogP contribution in [0, 0.1) is 6.92 Å². The molecular formula is C17H23N3OS. The Kier molecular flexibility index (Phi) is 5.40. The molecular weight excluding hydrogens is 294 g/mol. The molecule has 118 valence electrons. The number of aryl methyl sites for hydroxylation is 1. The molecule has 4 nitrogen and oxygen atoms in total. The number of hydrogen-bond donors (Lipinski definition) is 0. The van der Waals surface area contributed by atoms with Gasteiger partial charge in [-0.05, 0) is 46.8 Å². The van der Waals surface area contributed by atoms with Gasteiger partial charge in [0.1, 0.15) is 5.03 Å². The molecule has 0 aliphatic rings. The maximum atomic E-state index is 12.4. The zero-order valence-electron chi connectivity index (χ0n) is 13.8. The van der Waals surface area contributed by atoms with Gasteiger partial charge in [-0.2, -0.15) is 0 Å². The summed E-state index contributed by atoms with van der Waals surface area (Å²) in [7, 11) is 0. The zero-order valence-corrected chi connectivity index (χ0v) is 14.6. The molecule has 0 aliphatic carbocycles. The van der Waals surface area contributed by atoms with E-state index in [1.54, 1.807) is 0 Å². The van der Waals surface area contributed by atoms with Gasteiger partial charge in [0.05, 0.1) is 22.5 Å². The van der Waals surface area contributed by atoms with Crippen LogP contribution in [0.3, 0.4) is 0 Å². The summed E-state index contributed by atoms with van der Waals surface area (Å²) in [5, 5.41) is 0.833. The number of benzene rings is 1. The Hall–Kier alpha value is -1.62. The van der Waals surface area contributed by atoms with Gasteiger partial charge >= 0.3 is 0 Å². The molecule has 1 amide bonds. The van der Waals surface area contributed by atoms with Crippen molar-refractivity contribution in [3.05, 3.63) is 30.0 Å². The number of fused-ring (bicyclic) bond motifs is 1. The summed E-state index contributed by atoms with van der Waals surface area (Å²) >= 11 is 1.47. The first-order valence-electron chi connectivity index (χ1n) is 7.57. The van der Waals surface area contributed by atoms with E-state index >= 15 is 0 Å². The summed E-state index contributed by atoms with van der Waals surface area (Å²) in [5.41, 5.74) is 2.63. The molecule has 0 fully saturated rings. The Bertz CT molecular complexity index is 662. The van der Waals surface area contributed by atoms with Crippen molar-refractivity contribution < 1.29 is 4.79 Å². The second-order valence-corrected chi connectivity index (χ2v) is 6.84. The maximum absolute atomic E-state index is 12.4. The summed E-state index contributed by atoms with van der Waals surface area (Å²) in [5.74, 6) is 0.536. The fourth-order valence-electron chi connectivity index (χ4n) is 2.59. The minimum Gasteiger partial charge on any atom is -0.337 e. The Balaban J connectivity index is 2.14. The van der Waals surface area contributed by atoms with E-state index in [9.17, 15) is 4.79 Å². The third-order valence-corrected chi connectivity index (χ3v) is 4.49. The number of carbonyl (C=O) groups is 1. The molecule has 0 radical (unpaired) electrons. The lowest BCUT2D eigenvalue weighted by atomic mass is 10.2. The van der Waals surface area contributed by atoms with Crippen LogP contribution in [-0.2, 0) is 4.79 Å². The van der Waals surface area contributed by atoms with Gasteiger partial charge in [-0.3, -0.25) is 4.79 Å². The average molecular weight is 317 g/mol. The molecule has 1 aromatic carbocycles. The van der Waals surface area contributed by atoms with Gasteiger partial charge < -0.3 is 4.90 Å². The number of nitrogens with zero attached hydrogens (tertiary/aromatic N) is 3. The van der Waals surface area contributed by atoms with E-state index in [0.29, 0.717) is 5.75 Å². The van der Waals surface area contributed by atoms with Crippen LogP contribution < -0.4 is 0 Å². The third kappa shape index (κ3) is 3.77. The van der Waals surface area contributed by atoms with Crippen molar-refractivity contribution in [1.29, 1.82) is 0 Å². The highest BCUT2D eigenvalue weighted by Gasteiger charge is 2.20. The zero-order chi connectivity index (χ0) is 16.3. The van der Waals surface area contributed by atoms with Crippen molar-refractivity contribution in [2.24, 2.45) is 0 Å². The van der Waals surface area contributed by atoms with Gasteiger partial charge in [0, 0.05) is 12.1 Å². The van der Waals surface area contributed by atoms with Crippen molar-refractivity contribution >= 4 is 28.7 Å².